The van der Waals surface area contributed by atoms with Gasteiger partial charge in [-0.3, -0.25) is 19.2 Å². The number of carbonyl (C=O) groups is 2. The molecule has 0 radical (unpaired) electrons. The smallest absolute Gasteiger partial charge is 0.261 e. The normalized spacial score (nSPS) is 30.8. The molecule has 7 heteroatoms. The lowest BCUT2D eigenvalue weighted by molar-refractivity contribution is -0.121. The second-order valence-corrected chi connectivity index (χ2v) is 12.2. The zero-order chi connectivity index (χ0) is 22.8. The van der Waals surface area contributed by atoms with Crippen LogP contribution in [0.3, 0.4) is 0 Å². The number of nitrogens with one attached hydrogen (secondary N) is 1. The zero-order valence-corrected chi connectivity index (χ0v) is 19.3. The lowest BCUT2D eigenvalue weighted by atomic mass is 9.48. The van der Waals surface area contributed by atoms with E-state index < -0.39 is 10.0 Å². The van der Waals surface area contributed by atoms with Gasteiger partial charge in [0.05, 0.1) is 10.6 Å². The van der Waals surface area contributed by atoms with Crippen LogP contribution >= 0.6 is 0 Å². The molecule has 2 amide bonds. The maximum absolute atomic E-state index is 12.9. The molecule has 33 heavy (non-hydrogen) atoms. The molecular weight excluding hydrogens is 436 g/mol. The highest BCUT2D eigenvalue weighted by atomic mass is 32.2. The van der Waals surface area contributed by atoms with Crippen molar-refractivity contribution >= 4 is 33.2 Å². The molecule has 1 saturated heterocycles. The summed E-state index contributed by atoms with van der Waals surface area (Å²) in [5.41, 5.74) is 2.58. The third-order valence-corrected chi connectivity index (χ3v) is 9.64. The molecule has 5 fully saturated rings. The topological polar surface area (TPSA) is 83.6 Å². The second kappa shape index (κ2) is 7.42. The average Bonchev–Trinajstić information content (AvgIpc) is 3.11. The molecule has 1 heterocycles. The van der Waals surface area contributed by atoms with Gasteiger partial charge in [-0.25, -0.2) is 8.42 Å². The van der Waals surface area contributed by atoms with Crippen molar-refractivity contribution in [2.75, 3.05) is 9.62 Å². The Bertz CT molecular complexity index is 1170. The number of anilines is 2. The first-order valence-corrected chi connectivity index (χ1v) is 13.4. The van der Waals surface area contributed by atoms with Gasteiger partial charge in [0.25, 0.3) is 10.0 Å². The number of nitrogens with zero attached hydrogens (tertiary/aromatic N) is 1. The van der Waals surface area contributed by atoms with E-state index >= 15 is 0 Å². The van der Waals surface area contributed by atoms with Crippen molar-refractivity contribution in [3.8, 4) is 0 Å². The maximum atomic E-state index is 12.9. The molecule has 4 aliphatic carbocycles. The van der Waals surface area contributed by atoms with Gasteiger partial charge in [-0.1, -0.05) is 12.1 Å². The van der Waals surface area contributed by atoms with Crippen molar-refractivity contribution in [3.63, 3.8) is 0 Å². The Morgan fingerprint density at radius 3 is 1.79 bits per heavy atom. The monoisotopic (exact) mass is 464 g/mol. The molecule has 1 aliphatic heterocycles. The van der Waals surface area contributed by atoms with E-state index in [-0.39, 0.29) is 35.0 Å². The van der Waals surface area contributed by atoms with Gasteiger partial charge in [-0.15, -0.1) is 0 Å². The predicted molar refractivity (Wildman–Crippen MR) is 125 cm³/mol. The van der Waals surface area contributed by atoms with Crippen molar-refractivity contribution in [1.82, 2.24) is 0 Å². The van der Waals surface area contributed by atoms with Crippen LogP contribution in [0.5, 0.6) is 0 Å². The van der Waals surface area contributed by atoms with E-state index in [1.54, 1.807) is 0 Å². The molecule has 5 aliphatic rings. The third kappa shape index (κ3) is 3.57. The SMILES string of the molecule is O=C1CCC(=O)N1c1ccc(S(=O)(=O)Nc2ccc(C34CC5CC(CC(C5)C3)C4)cc2)cc1. The molecule has 6 nitrogen and oxygen atoms in total. The van der Waals surface area contributed by atoms with Crippen LogP contribution in [-0.2, 0) is 25.0 Å². The standard InChI is InChI=1S/C26H28N2O4S/c29-24-9-10-25(30)28(24)22-5-7-23(8-6-22)33(31,32)27-21-3-1-20(2-4-21)26-14-17-11-18(15-26)13-19(12-17)16-26/h1-8,17-19,27H,9-16H2. The molecule has 0 spiro atoms. The summed E-state index contributed by atoms with van der Waals surface area (Å²) in [6, 6.07) is 13.8. The first-order valence-electron chi connectivity index (χ1n) is 11.9. The minimum absolute atomic E-state index is 0.0931. The van der Waals surface area contributed by atoms with Crippen molar-refractivity contribution in [2.24, 2.45) is 17.8 Å². The number of sulfonamides is 1. The Kier molecular flexibility index (Phi) is 4.70. The summed E-state index contributed by atoms with van der Waals surface area (Å²) in [6.45, 7) is 0. The zero-order valence-electron chi connectivity index (χ0n) is 18.5. The van der Waals surface area contributed by atoms with Crippen LogP contribution in [0.4, 0.5) is 11.4 Å². The Balaban J connectivity index is 1.19. The molecule has 7 rings (SSSR count). The predicted octanol–water partition coefficient (Wildman–Crippen LogP) is 4.61. The highest BCUT2D eigenvalue weighted by Gasteiger charge is 2.51. The Labute approximate surface area is 194 Å². The summed E-state index contributed by atoms with van der Waals surface area (Å²) in [4.78, 5) is 25.0. The van der Waals surface area contributed by atoms with Gasteiger partial charge >= 0.3 is 0 Å². The van der Waals surface area contributed by atoms with Crippen LogP contribution < -0.4 is 9.62 Å². The summed E-state index contributed by atoms with van der Waals surface area (Å²) in [5, 5.41) is 0. The van der Waals surface area contributed by atoms with E-state index in [1.165, 1.54) is 68.4 Å². The number of benzene rings is 2. The first kappa shape index (κ1) is 20.9. The maximum Gasteiger partial charge on any atom is 0.261 e. The van der Waals surface area contributed by atoms with Crippen molar-refractivity contribution in [3.05, 3.63) is 54.1 Å². The molecule has 172 valence electrons. The van der Waals surface area contributed by atoms with Crippen LogP contribution in [0.15, 0.2) is 53.4 Å². The fourth-order valence-electron chi connectivity index (χ4n) is 7.21. The summed E-state index contributed by atoms with van der Waals surface area (Å²) < 4.78 is 28.5. The van der Waals surface area contributed by atoms with Gasteiger partial charge < -0.3 is 0 Å². The Hall–Kier alpha value is -2.67. The molecule has 0 atom stereocenters. The van der Waals surface area contributed by atoms with Crippen molar-refractivity contribution in [1.29, 1.82) is 0 Å². The minimum atomic E-state index is -3.78. The number of hydrogen-bond donors (Lipinski definition) is 1. The second-order valence-electron chi connectivity index (χ2n) is 10.5. The molecule has 2 aromatic rings. The lowest BCUT2D eigenvalue weighted by Gasteiger charge is -2.57. The third-order valence-electron chi connectivity index (χ3n) is 8.24. The molecule has 1 N–H and O–H groups in total. The fraction of sp³-hybridized carbons (Fsp3) is 0.462. The van der Waals surface area contributed by atoms with Crippen LogP contribution in [0.1, 0.15) is 56.9 Å². The highest BCUT2D eigenvalue weighted by Crippen LogP contribution is 2.60. The van der Waals surface area contributed by atoms with E-state index in [9.17, 15) is 18.0 Å². The molecule has 0 unspecified atom stereocenters. The number of carbonyl (C=O) groups excluding carboxylic acids is 2. The number of amides is 2. The van der Waals surface area contributed by atoms with E-state index in [0.717, 1.165) is 22.7 Å². The van der Waals surface area contributed by atoms with Crippen LogP contribution in [0.25, 0.3) is 0 Å². The first-order chi connectivity index (χ1) is 15.8. The molecule has 4 bridgehead atoms. The Morgan fingerprint density at radius 1 is 0.758 bits per heavy atom. The average molecular weight is 465 g/mol. The fourth-order valence-corrected chi connectivity index (χ4v) is 8.27. The number of imide groups is 1. The molecule has 2 aromatic carbocycles. The lowest BCUT2D eigenvalue weighted by Crippen LogP contribution is -2.48. The molecule has 4 saturated carbocycles. The van der Waals surface area contributed by atoms with Crippen LogP contribution in [0.2, 0.25) is 0 Å². The van der Waals surface area contributed by atoms with E-state index in [1.807, 2.05) is 12.1 Å². The van der Waals surface area contributed by atoms with Gasteiger partial charge in [0, 0.05) is 18.5 Å². The van der Waals surface area contributed by atoms with Gasteiger partial charge in [0.15, 0.2) is 0 Å². The molecular formula is C26H28N2O4S. The minimum Gasteiger partial charge on any atom is -0.280 e. The van der Waals surface area contributed by atoms with Gasteiger partial charge in [-0.05, 0) is 104 Å². The largest absolute Gasteiger partial charge is 0.280 e. The summed E-state index contributed by atoms with van der Waals surface area (Å²) in [5.74, 6) is 2.08. The van der Waals surface area contributed by atoms with E-state index in [4.69, 9.17) is 0 Å². The van der Waals surface area contributed by atoms with Gasteiger partial charge in [-0.2, -0.15) is 0 Å². The van der Waals surface area contributed by atoms with Crippen molar-refractivity contribution in [2.45, 2.75) is 61.7 Å². The number of hydrogen-bond acceptors (Lipinski definition) is 4. The Morgan fingerprint density at radius 2 is 1.27 bits per heavy atom. The van der Waals surface area contributed by atoms with E-state index in [0.29, 0.717) is 11.4 Å². The van der Waals surface area contributed by atoms with Crippen LogP contribution in [0, 0.1) is 17.8 Å². The number of rotatable bonds is 5. The highest BCUT2D eigenvalue weighted by molar-refractivity contribution is 7.92. The quantitative estimate of drug-likeness (QED) is 0.655. The summed E-state index contributed by atoms with van der Waals surface area (Å²) >= 11 is 0. The summed E-state index contributed by atoms with van der Waals surface area (Å²) in [7, 11) is -3.78. The summed E-state index contributed by atoms with van der Waals surface area (Å²) in [6.07, 6.45) is 8.41. The van der Waals surface area contributed by atoms with Gasteiger partial charge in [0.2, 0.25) is 11.8 Å². The van der Waals surface area contributed by atoms with Crippen molar-refractivity contribution < 1.29 is 18.0 Å². The van der Waals surface area contributed by atoms with E-state index in [2.05, 4.69) is 16.9 Å². The van der Waals surface area contributed by atoms with Crippen LogP contribution in [-0.4, -0.2) is 20.2 Å². The van der Waals surface area contributed by atoms with Gasteiger partial charge in [0.1, 0.15) is 0 Å². The molecule has 0 aromatic heterocycles.